The fraction of sp³-hybridized carbons (Fsp3) is 0.250. The third-order valence-corrected chi connectivity index (χ3v) is 3.92. The van der Waals surface area contributed by atoms with Crippen LogP contribution in [0, 0.1) is 5.82 Å². The van der Waals surface area contributed by atoms with Gasteiger partial charge in [0.2, 0.25) is 0 Å². The minimum atomic E-state index is -0.187. The molecule has 2 nitrogen and oxygen atoms in total. The van der Waals surface area contributed by atoms with E-state index in [2.05, 4.69) is 21.9 Å². The number of hydrogen-bond acceptors (Lipinski definition) is 2. The predicted molar refractivity (Wildman–Crippen MR) is 82.3 cm³/mol. The van der Waals surface area contributed by atoms with Gasteiger partial charge in [0.25, 0.3) is 0 Å². The molecule has 0 atom stereocenters. The largest absolute Gasteiger partial charge is 0.368 e. The van der Waals surface area contributed by atoms with Crippen LogP contribution in [0.2, 0.25) is 5.02 Å². The number of halogens is 2. The lowest BCUT2D eigenvalue weighted by Crippen LogP contribution is -2.46. The third-order valence-electron chi connectivity index (χ3n) is 3.66. The number of benzene rings is 2. The molecular formula is C16H16ClFN2. The van der Waals surface area contributed by atoms with Crippen LogP contribution in [-0.2, 0) is 0 Å². The highest BCUT2D eigenvalue weighted by Crippen LogP contribution is 2.22. The van der Waals surface area contributed by atoms with Gasteiger partial charge in [-0.15, -0.1) is 0 Å². The average molecular weight is 291 g/mol. The maximum atomic E-state index is 12.9. The van der Waals surface area contributed by atoms with Gasteiger partial charge in [-0.3, -0.25) is 0 Å². The molecule has 0 amide bonds. The van der Waals surface area contributed by atoms with Crippen molar-refractivity contribution in [2.24, 2.45) is 0 Å². The second kappa shape index (κ2) is 5.71. The molecule has 1 fully saturated rings. The first-order valence-electron chi connectivity index (χ1n) is 6.73. The summed E-state index contributed by atoms with van der Waals surface area (Å²) in [7, 11) is 0. The molecule has 20 heavy (non-hydrogen) atoms. The topological polar surface area (TPSA) is 6.48 Å². The van der Waals surface area contributed by atoms with E-state index in [1.165, 1.54) is 17.8 Å². The molecule has 0 N–H and O–H groups in total. The van der Waals surface area contributed by atoms with Crippen molar-refractivity contribution in [2.45, 2.75) is 0 Å². The van der Waals surface area contributed by atoms with Gasteiger partial charge < -0.3 is 9.80 Å². The number of hydrogen-bond donors (Lipinski definition) is 0. The number of nitrogens with zero attached hydrogens (tertiary/aromatic N) is 2. The van der Waals surface area contributed by atoms with E-state index in [1.54, 1.807) is 0 Å². The SMILES string of the molecule is Fc1ccc(N2CCN(c3ccc(Cl)cc3)CC2)cc1. The summed E-state index contributed by atoms with van der Waals surface area (Å²) in [5.41, 5.74) is 2.29. The molecule has 0 bridgehead atoms. The van der Waals surface area contributed by atoms with Crippen LogP contribution in [0.25, 0.3) is 0 Å². The van der Waals surface area contributed by atoms with Crippen molar-refractivity contribution in [1.29, 1.82) is 0 Å². The third kappa shape index (κ3) is 2.88. The van der Waals surface area contributed by atoms with Gasteiger partial charge in [0.1, 0.15) is 5.82 Å². The molecule has 1 aliphatic rings. The van der Waals surface area contributed by atoms with Crippen molar-refractivity contribution in [3.8, 4) is 0 Å². The van der Waals surface area contributed by atoms with Gasteiger partial charge in [-0.1, -0.05) is 11.6 Å². The molecule has 0 radical (unpaired) electrons. The summed E-state index contributed by atoms with van der Waals surface area (Å²) < 4.78 is 12.9. The minimum Gasteiger partial charge on any atom is -0.368 e. The summed E-state index contributed by atoms with van der Waals surface area (Å²) in [6.45, 7) is 3.79. The van der Waals surface area contributed by atoms with E-state index in [9.17, 15) is 4.39 Å². The molecule has 0 unspecified atom stereocenters. The van der Waals surface area contributed by atoms with E-state index >= 15 is 0 Å². The number of rotatable bonds is 2. The van der Waals surface area contributed by atoms with Gasteiger partial charge in [-0.2, -0.15) is 0 Å². The summed E-state index contributed by atoms with van der Waals surface area (Å²) in [5, 5.41) is 0.763. The van der Waals surface area contributed by atoms with Crippen molar-refractivity contribution in [3.05, 3.63) is 59.4 Å². The van der Waals surface area contributed by atoms with Gasteiger partial charge in [0, 0.05) is 42.6 Å². The smallest absolute Gasteiger partial charge is 0.123 e. The Balaban J connectivity index is 1.64. The van der Waals surface area contributed by atoms with Crippen molar-refractivity contribution >= 4 is 23.0 Å². The Bertz CT molecular complexity index is 507. The normalized spacial score (nSPS) is 15.5. The average Bonchev–Trinajstić information content (AvgIpc) is 2.49. The molecule has 1 saturated heterocycles. The van der Waals surface area contributed by atoms with Crippen molar-refractivity contribution in [3.63, 3.8) is 0 Å². The van der Waals surface area contributed by atoms with Gasteiger partial charge in [-0.25, -0.2) is 4.39 Å². The van der Waals surface area contributed by atoms with Crippen LogP contribution < -0.4 is 9.80 Å². The molecule has 2 aromatic rings. The molecule has 0 aliphatic carbocycles. The lowest BCUT2D eigenvalue weighted by atomic mass is 10.2. The Morgan fingerprint density at radius 1 is 0.700 bits per heavy atom. The van der Waals surface area contributed by atoms with E-state index in [1.807, 2.05) is 24.3 Å². The lowest BCUT2D eigenvalue weighted by Gasteiger charge is -2.37. The van der Waals surface area contributed by atoms with Crippen LogP contribution in [0.3, 0.4) is 0 Å². The summed E-state index contributed by atoms with van der Waals surface area (Å²) in [6, 6.07) is 14.7. The van der Waals surface area contributed by atoms with Crippen molar-refractivity contribution < 1.29 is 4.39 Å². The fourth-order valence-electron chi connectivity index (χ4n) is 2.53. The zero-order valence-electron chi connectivity index (χ0n) is 11.1. The highest BCUT2D eigenvalue weighted by Gasteiger charge is 2.17. The second-order valence-corrected chi connectivity index (χ2v) is 5.36. The van der Waals surface area contributed by atoms with Crippen LogP contribution >= 0.6 is 11.6 Å². The lowest BCUT2D eigenvalue weighted by molar-refractivity contribution is 0.625. The summed E-state index contributed by atoms with van der Waals surface area (Å²) in [4.78, 5) is 4.63. The van der Waals surface area contributed by atoms with Crippen LogP contribution in [0.4, 0.5) is 15.8 Å². The first kappa shape index (κ1) is 13.3. The molecule has 0 spiro atoms. The van der Waals surface area contributed by atoms with Crippen molar-refractivity contribution in [1.82, 2.24) is 0 Å². The molecule has 0 saturated carbocycles. The highest BCUT2D eigenvalue weighted by molar-refractivity contribution is 6.30. The van der Waals surface area contributed by atoms with Crippen LogP contribution in [0.15, 0.2) is 48.5 Å². The maximum absolute atomic E-state index is 12.9. The minimum absolute atomic E-state index is 0.187. The molecule has 2 aromatic carbocycles. The van der Waals surface area contributed by atoms with Gasteiger partial charge in [-0.05, 0) is 48.5 Å². The standard InChI is InChI=1S/C16H16ClFN2/c17-13-1-5-15(6-2-13)19-9-11-20(12-10-19)16-7-3-14(18)4-8-16/h1-8H,9-12H2. The molecule has 1 aliphatic heterocycles. The molecular weight excluding hydrogens is 275 g/mol. The van der Waals surface area contributed by atoms with Crippen LogP contribution in [-0.4, -0.2) is 26.2 Å². The van der Waals surface area contributed by atoms with E-state index in [0.717, 1.165) is 36.9 Å². The summed E-state index contributed by atoms with van der Waals surface area (Å²) in [5.74, 6) is -0.187. The summed E-state index contributed by atoms with van der Waals surface area (Å²) in [6.07, 6.45) is 0. The van der Waals surface area contributed by atoms with Crippen LogP contribution in [0.5, 0.6) is 0 Å². The van der Waals surface area contributed by atoms with E-state index in [-0.39, 0.29) is 5.82 Å². The Kier molecular flexibility index (Phi) is 3.79. The number of anilines is 2. The quantitative estimate of drug-likeness (QED) is 0.830. The van der Waals surface area contributed by atoms with Gasteiger partial charge in [0.15, 0.2) is 0 Å². The molecule has 4 heteroatoms. The van der Waals surface area contributed by atoms with Gasteiger partial charge >= 0.3 is 0 Å². The zero-order chi connectivity index (χ0) is 13.9. The highest BCUT2D eigenvalue weighted by atomic mass is 35.5. The Labute approximate surface area is 123 Å². The van der Waals surface area contributed by atoms with E-state index < -0.39 is 0 Å². The molecule has 104 valence electrons. The predicted octanol–water partition coefficient (Wildman–Crippen LogP) is 3.81. The Morgan fingerprint density at radius 2 is 1.10 bits per heavy atom. The van der Waals surface area contributed by atoms with Gasteiger partial charge in [0.05, 0.1) is 0 Å². The van der Waals surface area contributed by atoms with E-state index in [4.69, 9.17) is 11.6 Å². The first-order chi connectivity index (χ1) is 9.72. The van der Waals surface area contributed by atoms with Crippen molar-refractivity contribution in [2.75, 3.05) is 36.0 Å². The zero-order valence-corrected chi connectivity index (χ0v) is 11.9. The summed E-state index contributed by atoms with van der Waals surface area (Å²) >= 11 is 5.91. The van der Waals surface area contributed by atoms with E-state index in [0.29, 0.717) is 0 Å². The monoisotopic (exact) mass is 290 g/mol. The number of piperazine rings is 1. The molecule has 1 heterocycles. The van der Waals surface area contributed by atoms with Crippen LogP contribution in [0.1, 0.15) is 0 Å². The molecule has 3 rings (SSSR count). The fourth-order valence-corrected chi connectivity index (χ4v) is 2.65. The maximum Gasteiger partial charge on any atom is 0.123 e. The Morgan fingerprint density at radius 3 is 1.55 bits per heavy atom. The second-order valence-electron chi connectivity index (χ2n) is 4.93. The molecule has 0 aromatic heterocycles. The first-order valence-corrected chi connectivity index (χ1v) is 7.11. The Hall–Kier alpha value is -1.74.